The van der Waals surface area contributed by atoms with E-state index in [9.17, 15) is 18.5 Å². The minimum Gasteiger partial charge on any atom is -0.347 e. The van der Waals surface area contributed by atoms with E-state index in [1.165, 1.54) is 12.1 Å². The summed E-state index contributed by atoms with van der Waals surface area (Å²) in [5.41, 5.74) is 1.51. The second-order valence-electron chi connectivity index (χ2n) is 5.61. The Morgan fingerprint density at radius 1 is 1.11 bits per heavy atom. The van der Waals surface area contributed by atoms with Crippen LogP contribution in [0, 0.1) is 18.3 Å². The zero-order valence-corrected chi connectivity index (χ0v) is 16.5. The third kappa shape index (κ3) is 5.61. The number of hydrogen-bond donors (Lipinski definition) is 2. The van der Waals surface area contributed by atoms with Crippen molar-refractivity contribution in [3.63, 3.8) is 0 Å². The largest absolute Gasteiger partial charge is 0.347 e. The van der Waals surface area contributed by atoms with E-state index in [1.807, 2.05) is 37.3 Å². The highest BCUT2D eigenvalue weighted by Crippen LogP contribution is 2.19. The number of benzene rings is 2. The lowest BCUT2D eigenvalue weighted by atomic mass is 10.2. The number of nitriles is 1. The van der Waals surface area contributed by atoms with Crippen LogP contribution in [0.5, 0.6) is 0 Å². The maximum absolute atomic E-state index is 12.5. The molecule has 0 atom stereocenters. The van der Waals surface area contributed by atoms with E-state index >= 15 is 0 Å². The molecule has 0 radical (unpaired) electrons. The van der Waals surface area contributed by atoms with Gasteiger partial charge in [-0.1, -0.05) is 48.0 Å². The maximum atomic E-state index is 12.5. The highest BCUT2D eigenvalue weighted by atomic mass is 32.2. The highest BCUT2D eigenvalue weighted by molar-refractivity contribution is 8.03. The molecule has 1 amide bonds. The summed E-state index contributed by atoms with van der Waals surface area (Å²) >= 11 is 0.983. The van der Waals surface area contributed by atoms with Gasteiger partial charge in [-0.3, -0.25) is 9.52 Å². The smallest absolute Gasteiger partial charge is 0.264 e. The van der Waals surface area contributed by atoms with Crippen LogP contribution in [0.4, 0.5) is 0 Å². The normalized spacial score (nSPS) is 11.9. The molecule has 0 saturated heterocycles. The second kappa shape index (κ2) is 9.26. The minimum atomic E-state index is -3.90. The van der Waals surface area contributed by atoms with E-state index in [0.29, 0.717) is 0 Å². The fourth-order valence-electron chi connectivity index (χ4n) is 2.16. The van der Waals surface area contributed by atoms with E-state index < -0.39 is 15.9 Å². The molecule has 0 bridgehead atoms. The summed E-state index contributed by atoms with van der Waals surface area (Å²) in [7, 11) is -3.90. The molecule has 140 valence electrons. The Labute approximate surface area is 163 Å². The van der Waals surface area contributed by atoms with Crippen molar-refractivity contribution in [2.75, 3.05) is 6.26 Å². The van der Waals surface area contributed by atoms with Gasteiger partial charge in [-0.2, -0.15) is 5.26 Å². The van der Waals surface area contributed by atoms with Crippen molar-refractivity contribution in [3.8, 4) is 6.07 Å². The first kappa shape index (κ1) is 20.6. The van der Waals surface area contributed by atoms with Gasteiger partial charge in [-0.25, -0.2) is 8.42 Å². The average Bonchev–Trinajstić information content (AvgIpc) is 2.67. The van der Waals surface area contributed by atoms with Crippen molar-refractivity contribution in [3.05, 3.63) is 76.3 Å². The van der Waals surface area contributed by atoms with E-state index in [-0.39, 0.29) is 22.0 Å². The van der Waals surface area contributed by atoms with Gasteiger partial charge in [0.25, 0.3) is 15.9 Å². The average molecular weight is 402 g/mol. The predicted molar refractivity (Wildman–Crippen MR) is 106 cm³/mol. The topological polar surface area (TPSA) is 99.1 Å². The first-order chi connectivity index (χ1) is 12.9. The Kier molecular flexibility index (Phi) is 7.05. The van der Waals surface area contributed by atoms with Gasteiger partial charge in [-0.15, -0.1) is 11.8 Å². The SMILES string of the molecule is CS/C(NS(=O)(=O)c1ccc(C)cc1)=C(\C#N)C(=O)NCc1ccccc1. The Morgan fingerprint density at radius 3 is 2.30 bits per heavy atom. The van der Waals surface area contributed by atoms with Crippen LogP contribution in [0.1, 0.15) is 11.1 Å². The van der Waals surface area contributed by atoms with E-state index in [4.69, 9.17) is 0 Å². The van der Waals surface area contributed by atoms with Crippen molar-refractivity contribution in [2.24, 2.45) is 0 Å². The summed E-state index contributed by atoms with van der Waals surface area (Å²) in [5.74, 6) is -0.641. The summed E-state index contributed by atoms with van der Waals surface area (Å²) in [5, 5.41) is 12.0. The number of amides is 1. The van der Waals surface area contributed by atoms with Crippen molar-refractivity contribution < 1.29 is 13.2 Å². The zero-order chi connectivity index (χ0) is 19.9. The summed E-state index contributed by atoms with van der Waals surface area (Å²) in [4.78, 5) is 12.4. The van der Waals surface area contributed by atoms with E-state index in [1.54, 1.807) is 24.5 Å². The van der Waals surface area contributed by atoms with Crippen LogP contribution in [-0.2, 0) is 21.4 Å². The number of aryl methyl sites for hydroxylation is 1. The van der Waals surface area contributed by atoms with Gasteiger partial charge < -0.3 is 5.32 Å². The Morgan fingerprint density at radius 2 is 1.74 bits per heavy atom. The lowest BCUT2D eigenvalue weighted by molar-refractivity contribution is -0.117. The molecular weight excluding hydrogens is 382 g/mol. The van der Waals surface area contributed by atoms with E-state index in [2.05, 4.69) is 10.0 Å². The van der Waals surface area contributed by atoms with Gasteiger partial charge in [0, 0.05) is 6.54 Å². The molecule has 0 aliphatic heterocycles. The molecule has 0 spiro atoms. The summed E-state index contributed by atoms with van der Waals surface area (Å²) < 4.78 is 27.4. The Bertz CT molecular complexity index is 977. The Balaban J connectivity index is 2.22. The molecule has 6 nitrogen and oxygen atoms in total. The van der Waals surface area contributed by atoms with E-state index in [0.717, 1.165) is 22.9 Å². The molecule has 0 aliphatic carbocycles. The quantitative estimate of drug-likeness (QED) is 0.549. The summed E-state index contributed by atoms with van der Waals surface area (Å²) in [6, 6.07) is 17.3. The van der Waals surface area contributed by atoms with Crippen molar-refractivity contribution >= 4 is 27.7 Å². The van der Waals surface area contributed by atoms with Crippen LogP contribution >= 0.6 is 11.8 Å². The molecule has 0 saturated carbocycles. The maximum Gasteiger partial charge on any atom is 0.264 e. The van der Waals surface area contributed by atoms with Crippen LogP contribution in [0.2, 0.25) is 0 Å². The molecular formula is C19H19N3O3S2. The fraction of sp³-hybridized carbons (Fsp3) is 0.158. The van der Waals surface area contributed by atoms with Gasteiger partial charge in [-0.05, 0) is 30.9 Å². The molecule has 2 aromatic rings. The third-order valence-corrected chi connectivity index (χ3v) is 5.83. The van der Waals surface area contributed by atoms with Gasteiger partial charge >= 0.3 is 0 Å². The van der Waals surface area contributed by atoms with Crippen LogP contribution in [0.25, 0.3) is 0 Å². The van der Waals surface area contributed by atoms with Gasteiger partial charge in [0.05, 0.1) is 4.90 Å². The van der Waals surface area contributed by atoms with Crippen LogP contribution in [-0.4, -0.2) is 20.6 Å². The molecule has 0 aliphatic rings. The number of nitrogens with one attached hydrogen (secondary N) is 2. The molecule has 0 heterocycles. The monoisotopic (exact) mass is 401 g/mol. The first-order valence-electron chi connectivity index (χ1n) is 7.97. The zero-order valence-electron chi connectivity index (χ0n) is 14.9. The summed E-state index contributed by atoms with van der Waals surface area (Å²) in [6.07, 6.45) is 1.59. The molecule has 2 aromatic carbocycles. The number of thioether (sulfide) groups is 1. The summed E-state index contributed by atoms with van der Waals surface area (Å²) in [6.45, 7) is 2.08. The van der Waals surface area contributed by atoms with Crippen LogP contribution < -0.4 is 10.0 Å². The first-order valence-corrected chi connectivity index (χ1v) is 10.7. The molecule has 27 heavy (non-hydrogen) atoms. The molecule has 0 fully saturated rings. The van der Waals surface area contributed by atoms with Crippen LogP contribution in [0.15, 0.2) is 70.1 Å². The number of carbonyl (C=O) groups excluding carboxylic acids is 1. The van der Waals surface area contributed by atoms with Crippen molar-refractivity contribution in [1.29, 1.82) is 5.26 Å². The Hall–Kier alpha value is -2.76. The lowest BCUT2D eigenvalue weighted by Gasteiger charge is -2.12. The minimum absolute atomic E-state index is 0.0244. The molecule has 0 unspecified atom stereocenters. The number of hydrogen-bond acceptors (Lipinski definition) is 5. The van der Waals surface area contributed by atoms with Gasteiger partial charge in [0.15, 0.2) is 0 Å². The fourth-order valence-corrected chi connectivity index (χ4v) is 4.13. The molecule has 2 rings (SSSR count). The van der Waals surface area contributed by atoms with Crippen LogP contribution in [0.3, 0.4) is 0 Å². The lowest BCUT2D eigenvalue weighted by Crippen LogP contribution is -2.29. The standard InChI is InChI=1S/C19H19N3O3S2/c1-14-8-10-16(11-9-14)27(24,25)22-19(26-2)17(12-20)18(23)21-13-15-6-4-3-5-7-15/h3-11,22H,13H2,1-2H3,(H,21,23)/b19-17+. The molecule has 0 aromatic heterocycles. The predicted octanol–water partition coefficient (Wildman–Crippen LogP) is 2.69. The van der Waals surface area contributed by atoms with Crippen molar-refractivity contribution in [1.82, 2.24) is 10.0 Å². The number of carbonyl (C=O) groups is 1. The highest BCUT2D eigenvalue weighted by Gasteiger charge is 2.21. The second-order valence-corrected chi connectivity index (χ2v) is 8.11. The van der Waals surface area contributed by atoms with Gasteiger partial charge in [0.1, 0.15) is 16.7 Å². The third-order valence-electron chi connectivity index (χ3n) is 3.62. The molecule has 2 N–H and O–H groups in total. The van der Waals surface area contributed by atoms with Crippen molar-refractivity contribution in [2.45, 2.75) is 18.4 Å². The number of nitrogens with zero attached hydrogens (tertiary/aromatic N) is 1. The van der Waals surface area contributed by atoms with Gasteiger partial charge in [0.2, 0.25) is 0 Å². The number of rotatable bonds is 7. The molecule has 8 heteroatoms. The number of sulfonamides is 1.